The topological polar surface area (TPSA) is 94.0 Å². The Labute approximate surface area is 209 Å². The predicted molar refractivity (Wildman–Crippen MR) is 142 cm³/mol. The zero-order valence-electron chi connectivity index (χ0n) is 20.5. The Morgan fingerprint density at radius 1 is 1.20 bits per heavy atom. The lowest BCUT2D eigenvalue weighted by Crippen LogP contribution is -2.02. The molecule has 9 heteroatoms. The fourth-order valence-corrected chi connectivity index (χ4v) is 5.22. The Kier molecular flexibility index (Phi) is 7.77. The number of anilines is 2. The average molecular weight is 491 g/mol. The number of ether oxygens (including phenoxy) is 1. The number of carbonyl (C=O) groups excluding carboxylic acids is 1. The Morgan fingerprint density at radius 3 is 2.69 bits per heavy atom. The smallest absolute Gasteiger partial charge is 0.183 e. The monoisotopic (exact) mass is 490 g/mol. The molecular formula is C26H30N6O2S. The number of hydrogen-bond donors (Lipinski definition) is 2. The average Bonchev–Trinajstić information content (AvgIpc) is 3.42. The van der Waals surface area contributed by atoms with Gasteiger partial charge < -0.3 is 20.2 Å². The van der Waals surface area contributed by atoms with E-state index in [1.807, 2.05) is 48.3 Å². The molecule has 3 aromatic heterocycles. The quantitative estimate of drug-likeness (QED) is 0.357. The second-order valence-corrected chi connectivity index (χ2v) is 8.86. The second-order valence-electron chi connectivity index (χ2n) is 7.86. The minimum Gasteiger partial charge on any atom is -0.494 e. The first-order chi connectivity index (χ1) is 17.1. The van der Waals surface area contributed by atoms with Crippen LogP contribution in [0.1, 0.15) is 31.5 Å². The van der Waals surface area contributed by atoms with Crippen LogP contribution in [0.15, 0.2) is 42.6 Å². The SMILES string of the molecule is CC=O.CCNc1ccc(-c2nn(-c3ccccc3OC)c3c2CCCc2nc(NC)sc2-3)cn1. The molecule has 0 fully saturated rings. The number of para-hydroxylation sites is 2. The summed E-state index contributed by atoms with van der Waals surface area (Å²) < 4.78 is 7.72. The van der Waals surface area contributed by atoms with Gasteiger partial charge in [-0.1, -0.05) is 23.5 Å². The van der Waals surface area contributed by atoms with Gasteiger partial charge in [-0.3, -0.25) is 0 Å². The van der Waals surface area contributed by atoms with Gasteiger partial charge in [0, 0.05) is 30.9 Å². The van der Waals surface area contributed by atoms with Gasteiger partial charge in [0.25, 0.3) is 0 Å². The molecule has 0 amide bonds. The highest BCUT2D eigenvalue weighted by atomic mass is 32.1. The van der Waals surface area contributed by atoms with Crippen LogP contribution in [0, 0.1) is 0 Å². The van der Waals surface area contributed by atoms with E-state index in [2.05, 4.69) is 28.6 Å². The van der Waals surface area contributed by atoms with Gasteiger partial charge in [0.1, 0.15) is 23.5 Å². The van der Waals surface area contributed by atoms with Crippen LogP contribution in [0.2, 0.25) is 0 Å². The third-order valence-electron chi connectivity index (χ3n) is 5.66. The van der Waals surface area contributed by atoms with Crippen molar-refractivity contribution in [1.82, 2.24) is 19.7 Å². The van der Waals surface area contributed by atoms with Crippen LogP contribution >= 0.6 is 11.3 Å². The number of pyridine rings is 1. The molecule has 0 spiro atoms. The molecule has 4 aromatic rings. The summed E-state index contributed by atoms with van der Waals surface area (Å²) >= 11 is 1.68. The highest BCUT2D eigenvalue weighted by Crippen LogP contribution is 2.44. The highest BCUT2D eigenvalue weighted by Gasteiger charge is 2.29. The van der Waals surface area contributed by atoms with Gasteiger partial charge in [0.15, 0.2) is 5.13 Å². The summed E-state index contributed by atoms with van der Waals surface area (Å²) in [4.78, 5) is 19.4. The highest BCUT2D eigenvalue weighted by molar-refractivity contribution is 7.19. The van der Waals surface area contributed by atoms with Gasteiger partial charge in [-0.25, -0.2) is 14.6 Å². The molecule has 5 rings (SSSR count). The number of benzene rings is 1. The maximum atomic E-state index is 8.81. The molecule has 8 nitrogen and oxygen atoms in total. The van der Waals surface area contributed by atoms with Crippen molar-refractivity contribution in [2.45, 2.75) is 33.1 Å². The van der Waals surface area contributed by atoms with Gasteiger partial charge in [0.2, 0.25) is 0 Å². The molecule has 3 heterocycles. The zero-order valence-corrected chi connectivity index (χ0v) is 21.3. The number of fused-ring (bicyclic) bond motifs is 3. The number of aromatic nitrogens is 4. The molecule has 0 radical (unpaired) electrons. The lowest BCUT2D eigenvalue weighted by atomic mass is 10.0. The van der Waals surface area contributed by atoms with E-state index in [1.165, 1.54) is 17.4 Å². The number of methoxy groups -OCH3 is 1. The normalized spacial score (nSPS) is 11.9. The third-order valence-corrected chi connectivity index (χ3v) is 6.78. The molecule has 1 aliphatic rings. The van der Waals surface area contributed by atoms with Crippen LogP contribution in [0.25, 0.3) is 27.5 Å². The van der Waals surface area contributed by atoms with E-state index in [1.54, 1.807) is 18.4 Å². The fourth-order valence-electron chi connectivity index (χ4n) is 4.20. The minimum atomic E-state index is 0.750. The molecule has 0 bridgehead atoms. The molecule has 0 aliphatic heterocycles. The maximum absolute atomic E-state index is 8.81. The van der Waals surface area contributed by atoms with E-state index in [0.717, 1.165) is 77.1 Å². The van der Waals surface area contributed by atoms with Crippen molar-refractivity contribution >= 4 is 28.6 Å². The third kappa shape index (κ3) is 4.90. The molecule has 1 aliphatic carbocycles. The molecule has 182 valence electrons. The standard InChI is InChI=1S/C24H26N6OS.C2H4O/c1-4-26-20-13-12-15(14-27-20)21-16-8-7-9-17-23(32-24(25-2)28-17)22(16)30(29-21)18-10-5-6-11-19(18)31-3;1-2-3/h5-6,10-14H,4,7-9H2,1-3H3,(H,25,28)(H,26,27);2H,1H3. The zero-order chi connectivity index (χ0) is 24.8. The molecule has 2 N–H and O–H groups in total. The number of thiazole rings is 1. The maximum Gasteiger partial charge on any atom is 0.183 e. The molecule has 0 atom stereocenters. The van der Waals surface area contributed by atoms with E-state index < -0.39 is 0 Å². The van der Waals surface area contributed by atoms with Crippen molar-refractivity contribution in [2.75, 3.05) is 31.3 Å². The van der Waals surface area contributed by atoms with Crippen molar-refractivity contribution in [2.24, 2.45) is 0 Å². The number of nitrogens with zero attached hydrogens (tertiary/aromatic N) is 4. The largest absolute Gasteiger partial charge is 0.494 e. The summed E-state index contributed by atoms with van der Waals surface area (Å²) in [5, 5.41) is 12.5. The van der Waals surface area contributed by atoms with Crippen LogP contribution in [0.4, 0.5) is 10.9 Å². The first-order valence-electron chi connectivity index (χ1n) is 11.7. The van der Waals surface area contributed by atoms with Gasteiger partial charge >= 0.3 is 0 Å². The Morgan fingerprint density at radius 2 is 2.00 bits per heavy atom. The minimum absolute atomic E-state index is 0.750. The van der Waals surface area contributed by atoms with Crippen LogP contribution in [-0.4, -0.2) is 46.7 Å². The van der Waals surface area contributed by atoms with E-state index in [0.29, 0.717) is 0 Å². The van der Waals surface area contributed by atoms with Crippen molar-refractivity contribution < 1.29 is 9.53 Å². The van der Waals surface area contributed by atoms with Crippen LogP contribution in [-0.2, 0) is 17.6 Å². The number of carbonyl (C=O) groups is 1. The fraction of sp³-hybridized carbons (Fsp3) is 0.308. The molecule has 0 saturated heterocycles. The molecular weight excluding hydrogens is 460 g/mol. The molecule has 35 heavy (non-hydrogen) atoms. The van der Waals surface area contributed by atoms with Gasteiger partial charge in [-0.05, 0) is 57.4 Å². The van der Waals surface area contributed by atoms with Crippen molar-refractivity contribution in [3.05, 3.63) is 53.9 Å². The summed E-state index contributed by atoms with van der Waals surface area (Å²) in [6.45, 7) is 4.35. The van der Waals surface area contributed by atoms with Crippen LogP contribution in [0.5, 0.6) is 5.75 Å². The Hall–Kier alpha value is -3.72. The number of aryl methyl sites for hydroxylation is 1. The molecule has 0 saturated carbocycles. The summed E-state index contributed by atoms with van der Waals surface area (Å²) in [5.74, 6) is 1.66. The van der Waals surface area contributed by atoms with Gasteiger partial charge in [-0.2, -0.15) is 5.10 Å². The molecule has 1 aromatic carbocycles. The van der Waals surface area contributed by atoms with E-state index in [-0.39, 0.29) is 0 Å². The summed E-state index contributed by atoms with van der Waals surface area (Å²) in [6.07, 6.45) is 5.57. The van der Waals surface area contributed by atoms with Gasteiger partial charge in [-0.15, -0.1) is 0 Å². The predicted octanol–water partition coefficient (Wildman–Crippen LogP) is 5.23. The van der Waals surface area contributed by atoms with E-state index >= 15 is 0 Å². The number of hydrogen-bond acceptors (Lipinski definition) is 8. The molecule has 0 unspecified atom stereocenters. The summed E-state index contributed by atoms with van der Waals surface area (Å²) in [5.41, 5.74) is 6.36. The summed E-state index contributed by atoms with van der Waals surface area (Å²) in [7, 11) is 3.61. The van der Waals surface area contributed by atoms with Crippen molar-refractivity contribution in [1.29, 1.82) is 0 Å². The van der Waals surface area contributed by atoms with E-state index in [9.17, 15) is 0 Å². The van der Waals surface area contributed by atoms with Crippen molar-refractivity contribution in [3.8, 4) is 33.3 Å². The van der Waals surface area contributed by atoms with Crippen LogP contribution in [0.3, 0.4) is 0 Å². The number of rotatable bonds is 6. The van der Waals surface area contributed by atoms with Crippen LogP contribution < -0.4 is 15.4 Å². The Balaban J connectivity index is 0.000000917. The van der Waals surface area contributed by atoms with E-state index in [4.69, 9.17) is 19.6 Å². The number of aldehydes is 1. The second kappa shape index (κ2) is 11.1. The summed E-state index contributed by atoms with van der Waals surface area (Å²) in [6, 6.07) is 12.1. The van der Waals surface area contributed by atoms with Gasteiger partial charge in [0.05, 0.1) is 29.1 Å². The first-order valence-corrected chi connectivity index (χ1v) is 12.5. The number of nitrogens with one attached hydrogen (secondary N) is 2. The lowest BCUT2D eigenvalue weighted by molar-refractivity contribution is -0.106. The lowest BCUT2D eigenvalue weighted by Gasteiger charge is -2.11. The first kappa shape index (κ1) is 24.4. The van der Waals surface area contributed by atoms with Crippen molar-refractivity contribution in [3.63, 3.8) is 0 Å². The Bertz CT molecular complexity index is 1300.